The van der Waals surface area contributed by atoms with Crippen molar-refractivity contribution in [2.24, 2.45) is 0 Å². The predicted molar refractivity (Wildman–Crippen MR) is 89.5 cm³/mol. The van der Waals surface area contributed by atoms with Crippen LogP contribution in [0.2, 0.25) is 0 Å². The molecule has 0 saturated carbocycles. The summed E-state index contributed by atoms with van der Waals surface area (Å²) in [6, 6.07) is 10.1. The van der Waals surface area contributed by atoms with Crippen molar-refractivity contribution in [2.45, 2.75) is 13.8 Å². The van der Waals surface area contributed by atoms with Gasteiger partial charge in [0, 0.05) is 38.1 Å². The topological polar surface area (TPSA) is 63.1 Å². The molecular formula is C18H20N4O. The minimum Gasteiger partial charge on any atom is -0.368 e. The highest BCUT2D eigenvalue weighted by Crippen LogP contribution is 2.23. The number of amides is 1. The van der Waals surface area contributed by atoms with E-state index in [0.29, 0.717) is 24.3 Å². The quantitative estimate of drug-likeness (QED) is 0.927. The Morgan fingerprint density at radius 2 is 1.91 bits per heavy atom. The van der Waals surface area contributed by atoms with Gasteiger partial charge in [-0.05, 0) is 37.1 Å². The van der Waals surface area contributed by atoms with Crippen LogP contribution in [0.4, 0.5) is 5.69 Å². The number of aromatic amines is 1. The molecule has 0 radical (unpaired) electrons. The van der Waals surface area contributed by atoms with Gasteiger partial charge in [0.15, 0.2) is 0 Å². The van der Waals surface area contributed by atoms with Crippen molar-refractivity contribution in [3.05, 3.63) is 52.8 Å². The number of carbonyl (C=O) groups is 1. The minimum atomic E-state index is -0.0108. The van der Waals surface area contributed by atoms with Crippen LogP contribution in [0.3, 0.4) is 0 Å². The monoisotopic (exact) mass is 308 g/mol. The van der Waals surface area contributed by atoms with Crippen LogP contribution in [0.5, 0.6) is 0 Å². The number of hydrogen-bond acceptors (Lipinski definition) is 3. The van der Waals surface area contributed by atoms with E-state index in [-0.39, 0.29) is 5.91 Å². The zero-order valence-electron chi connectivity index (χ0n) is 13.5. The van der Waals surface area contributed by atoms with Crippen LogP contribution in [0.15, 0.2) is 30.5 Å². The molecule has 5 heteroatoms. The van der Waals surface area contributed by atoms with Crippen LogP contribution in [-0.4, -0.2) is 42.0 Å². The van der Waals surface area contributed by atoms with E-state index in [1.165, 1.54) is 16.8 Å². The maximum Gasteiger partial charge on any atom is 0.255 e. The van der Waals surface area contributed by atoms with Crippen molar-refractivity contribution >= 4 is 11.6 Å². The van der Waals surface area contributed by atoms with Crippen LogP contribution in [0.1, 0.15) is 27.2 Å². The normalized spacial score (nSPS) is 14.7. The second-order valence-corrected chi connectivity index (χ2v) is 5.98. The number of H-pyrrole nitrogens is 1. The van der Waals surface area contributed by atoms with E-state index in [1.807, 2.05) is 11.0 Å². The molecular weight excluding hydrogens is 288 g/mol. The van der Waals surface area contributed by atoms with Crippen LogP contribution < -0.4 is 4.90 Å². The Labute approximate surface area is 136 Å². The third-order valence-corrected chi connectivity index (χ3v) is 4.32. The van der Waals surface area contributed by atoms with Gasteiger partial charge in [-0.25, -0.2) is 0 Å². The molecule has 1 fully saturated rings. The van der Waals surface area contributed by atoms with Gasteiger partial charge in [-0.1, -0.05) is 12.1 Å². The van der Waals surface area contributed by atoms with Crippen LogP contribution in [0.25, 0.3) is 0 Å². The Balaban J connectivity index is 1.67. The lowest BCUT2D eigenvalue weighted by molar-refractivity contribution is 0.0747. The molecule has 3 rings (SSSR count). The predicted octanol–water partition coefficient (Wildman–Crippen LogP) is 2.47. The number of aryl methyl sites for hydroxylation is 2. The second kappa shape index (κ2) is 6.17. The minimum absolute atomic E-state index is 0.0108. The lowest BCUT2D eigenvalue weighted by Crippen LogP contribution is -2.49. The van der Waals surface area contributed by atoms with Crippen molar-refractivity contribution in [3.8, 4) is 6.07 Å². The summed E-state index contributed by atoms with van der Waals surface area (Å²) in [4.78, 5) is 19.5. The summed E-state index contributed by atoms with van der Waals surface area (Å²) in [5.41, 5.74) is 4.75. The SMILES string of the molecule is Cc1ccc(C)c(N2CCN(C(=O)c3c[nH]c(C#N)c3)CC2)c1. The van der Waals surface area contributed by atoms with Crippen LogP contribution in [0, 0.1) is 25.2 Å². The average molecular weight is 308 g/mol. The highest BCUT2D eigenvalue weighted by atomic mass is 16.2. The van der Waals surface area contributed by atoms with Gasteiger partial charge >= 0.3 is 0 Å². The number of anilines is 1. The number of aromatic nitrogens is 1. The molecule has 0 bridgehead atoms. The molecule has 5 nitrogen and oxygen atoms in total. The van der Waals surface area contributed by atoms with E-state index in [1.54, 1.807) is 12.3 Å². The fourth-order valence-corrected chi connectivity index (χ4v) is 2.98. The Morgan fingerprint density at radius 1 is 1.17 bits per heavy atom. The molecule has 1 amide bonds. The summed E-state index contributed by atoms with van der Waals surface area (Å²) in [5, 5.41) is 8.84. The smallest absolute Gasteiger partial charge is 0.255 e. The van der Waals surface area contributed by atoms with E-state index in [2.05, 4.69) is 41.9 Å². The third kappa shape index (κ3) is 3.07. The van der Waals surface area contributed by atoms with E-state index in [0.717, 1.165) is 13.1 Å². The summed E-state index contributed by atoms with van der Waals surface area (Å²) >= 11 is 0. The number of rotatable bonds is 2. The summed E-state index contributed by atoms with van der Waals surface area (Å²) in [6.07, 6.45) is 1.61. The largest absolute Gasteiger partial charge is 0.368 e. The highest BCUT2D eigenvalue weighted by Gasteiger charge is 2.23. The fraction of sp³-hybridized carbons (Fsp3) is 0.333. The first kappa shape index (κ1) is 15.2. The molecule has 1 aliphatic rings. The third-order valence-electron chi connectivity index (χ3n) is 4.32. The highest BCUT2D eigenvalue weighted by molar-refractivity contribution is 5.94. The van der Waals surface area contributed by atoms with Crippen LogP contribution >= 0.6 is 0 Å². The second-order valence-electron chi connectivity index (χ2n) is 5.98. The van der Waals surface area contributed by atoms with Crippen LogP contribution in [-0.2, 0) is 0 Å². The molecule has 0 spiro atoms. The fourth-order valence-electron chi connectivity index (χ4n) is 2.98. The maximum absolute atomic E-state index is 12.5. The lowest BCUT2D eigenvalue weighted by atomic mass is 10.1. The first-order chi connectivity index (χ1) is 11.1. The van der Waals surface area contributed by atoms with Gasteiger partial charge in [0.1, 0.15) is 11.8 Å². The van der Waals surface area contributed by atoms with E-state index in [4.69, 9.17) is 5.26 Å². The van der Waals surface area contributed by atoms with E-state index >= 15 is 0 Å². The summed E-state index contributed by atoms with van der Waals surface area (Å²) in [7, 11) is 0. The van der Waals surface area contributed by atoms with Crippen molar-refractivity contribution < 1.29 is 4.79 Å². The number of piperazine rings is 1. The Hall–Kier alpha value is -2.74. The van der Waals surface area contributed by atoms with E-state index in [9.17, 15) is 4.79 Å². The molecule has 1 aromatic carbocycles. The zero-order valence-corrected chi connectivity index (χ0v) is 13.5. The Kier molecular flexibility index (Phi) is 4.07. The number of benzene rings is 1. The molecule has 0 atom stereocenters. The molecule has 1 N–H and O–H groups in total. The van der Waals surface area contributed by atoms with Crippen molar-refractivity contribution in [2.75, 3.05) is 31.1 Å². The zero-order chi connectivity index (χ0) is 16.4. The van der Waals surface area contributed by atoms with Gasteiger partial charge in [-0.15, -0.1) is 0 Å². The summed E-state index contributed by atoms with van der Waals surface area (Å²) in [6.45, 7) is 7.26. The molecule has 2 heterocycles. The van der Waals surface area contributed by atoms with Crippen molar-refractivity contribution in [3.63, 3.8) is 0 Å². The van der Waals surface area contributed by atoms with Gasteiger partial charge in [-0.3, -0.25) is 4.79 Å². The summed E-state index contributed by atoms with van der Waals surface area (Å²) in [5.74, 6) is -0.0108. The summed E-state index contributed by atoms with van der Waals surface area (Å²) < 4.78 is 0. The lowest BCUT2D eigenvalue weighted by Gasteiger charge is -2.36. The van der Waals surface area contributed by atoms with Gasteiger partial charge < -0.3 is 14.8 Å². The number of nitrogens with zero attached hydrogens (tertiary/aromatic N) is 3. The Bertz CT molecular complexity index is 764. The van der Waals surface area contributed by atoms with Gasteiger partial charge in [0.2, 0.25) is 0 Å². The van der Waals surface area contributed by atoms with E-state index < -0.39 is 0 Å². The van der Waals surface area contributed by atoms with Crippen molar-refractivity contribution in [1.82, 2.24) is 9.88 Å². The molecule has 0 aliphatic carbocycles. The molecule has 2 aromatic rings. The number of hydrogen-bond donors (Lipinski definition) is 1. The standard InChI is InChI=1S/C18H20N4O/c1-13-3-4-14(2)17(9-13)21-5-7-22(8-6-21)18(23)15-10-16(11-19)20-12-15/h3-4,9-10,12,20H,5-8H2,1-2H3. The molecule has 1 aromatic heterocycles. The maximum atomic E-state index is 12.5. The van der Waals surface area contributed by atoms with Gasteiger partial charge in [-0.2, -0.15) is 5.26 Å². The molecule has 23 heavy (non-hydrogen) atoms. The van der Waals surface area contributed by atoms with Gasteiger partial charge in [0.05, 0.1) is 5.56 Å². The number of nitrogens with one attached hydrogen (secondary N) is 1. The van der Waals surface area contributed by atoms with Gasteiger partial charge in [0.25, 0.3) is 5.91 Å². The molecule has 0 unspecified atom stereocenters. The number of nitriles is 1. The number of carbonyl (C=O) groups excluding carboxylic acids is 1. The molecule has 1 saturated heterocycles. The molecule has 118 valence electrons. The van der Waals surface area contributed by atoms with Crippen molar-refractivity contribution in [1.29, 1.82) is 5.26 Å². The average Bonchev–Trinajstić information content (AvgIpc) is 3.06. The molecule has 1 aliphatic heterocycles. The first-order valence-electron chi connectivity index (χ1n) is 7.78. The Morgan fingerprint density at radius 3 is 2.57 bits per heavy atom. The first-order valence-corrected chi connectivity index (χ1v) is 7.78.